The van der Waals surface area contributed by atoms with E-state index in [9.17, 15) is 20.0 Å². The number of aliphatic hydroxyl groups excluding tert-OH is 1. The molecule has 0 aliphatic rings. The standard InChI is InChI=1S/C17H17ClN2O5/c1-11-3-2-4-14(7-11)25-10-13(21)9-19-17(22)15-6-5-12(18)8-16(15)20(23)24/h2-8,13,21H,9-10H2,1H3,(H,19,22). The molecule has 0 saturated carbocycles. The van der Waals surface area contributed by atoms with E-state index in [4.69, 9.17) is 16.3 Å². The maximum absolute atomic E-state index is 12.1. The maximum atomic E-state index is 12.1. The van der Waals surface area contributed by atoms with Crippen molar-refractivity contribution in [3.8, 4) is 5.75 Å². The van der Waals surface area contributed by atoms with E-state index in [0.29, 0.717) is 5.75 Å². The van der Waals surface area contributed by atoms with Crippen molar-refractivity contribution < 1.29 is 19.6 Å². The lowest BCUT2D eigenvalue weighted by molar-refractivity contribution is -0.385. The van der Waals surface area contributed by atoms with Crippen molar-refractivity contribution in [1.29, 1.82) is 0 Å². The van der Waals surface area contributed by atoms with Crippen LogP contribution >= 0.6 is 11.6 Å². The number of hydrogen-bond donors (Lipinski definition) is 2. The Morgan fingerprint density at radius 3 is 2.80 bits per heavy atom. The second-order valence-corrected chi connectivity index (χ2v) is 5.85. The minimum Gasteiger partial charge on any atom is -0.491 e. The number of aryl methyl sites for hydroxylation is 1. The number of amides is 1. The zero-order chi connectivity index (χ0) is 18.4. The summed E-state index contributed by atoms with van der Waals surface area (Å²) in [5.74, 6) is -0.0586. The van der Waals surface area contributed by atoms with E-state index in [1.807, 2.05) is 25.1 Å². The third kappa shape index (κ3) is 5.44. The summed E-state index contributed by atoms with van der Waals surface area (Å²) in [7, 11) is 0. The highest BCUT2D eigenvalue weighted by atomic mass is 35.5. The highest BCUT2D eigenvalue weighted by Crippen LogP contribution is 2.23. The molecule has 0 aromatic heterocycles. The van der Waals surface area contributed by atoms with Crippen LogP contribution in [0.2, 0.25) is 5.02 Å². The minimum atomic E-state index is -0.962. The first kappa shape index (κ1) is 18.7. The number of nitrogens with one attached hydrogen (secondary N) is 1. The average molecular weight is 365 g/mol. The second kappa shape index (κ2) is 8.46. The van der Waals surface area contributed by atoms with Gasteiger partial charge in [-0.15, -0.1) is 0 Å². The fourth-order valence-corrected chi connectivity index (χ4v) is 2.28. The van der Waals surface area contributed by atoms with Gasteiger partial charge in [0, 0.05) is 17.6 Å². The van der Waals surface area contributed by atoms with E-state index >= 15 is 0 Å². The van der Waals surface area contributed by atoms with Crippen molar-refractivity contribution in [3.05, 3.63) is 68.7 Å². The summed E-state index contributed by atoms with van der Waals surface area (Å²) in [5, 5.41) is 23.5. The Bertz CT molecular complexity index is 781. The summed E-state index contributed by atoms with van der Waals surface area (Å²) < 4.78 is 5.44. The first-order valence-corrected chi connectivity index (χ1v) is 7.84. The number of carbonyl (C=O) groups is 1. The van der Waals surface area contributed by atoms with Crippen LogP contribution in [0.15, 0.2) is 42.5 Å². The van der Waals surface area contributed by atoms with E-state index < -0.39 is 22.6 Å². The van der Waals surface area contributed by atoms with Crippen molar-refractivity contribution in [1.82, 2.24) is 5.32 Å². The molecule has 2 aromatic rings. The van der Waals surface area contributed by atoms with Gasteiger partial charge in [0.05, 0.1) is 4.92 Å². The smallest absolute Gasteiger partial charge is 0.283 e. The molecular formula is C17H17ClN2O5. The second-order valence-electron chi connectivity index (χ2n) is 5.41. The van der Waals surface area contributed by atoms with Gasteiger partial charge in [-0.05, 0) is 36.8 Å². The van der Waals surface area contributed by atoms with E-state index in [1.165, 1.54) is 12.1 Å². The average Bonchev–Trinajstić information content (AvgIpc) is 2.57. The zero-order valence-corrected chi connectivity index (χ0v) is 14.2. The van der Waals surface area contributed by atoms with Crippen LogP contribution in [0.3, 0.4) is 0 Å². The SMILES string of the molecule is Cc1cccc(OCC(O)CNC(=O)c2ccc(Cl)cc2[N+](=O)[O-])c1. The van der Waals surface area contributed by atoms with E-state index in [-0.39, 0.29) is 23.7 Å². The fraction of sp³-hybridized carbons (Fsp3) is 0.235. The molecule has 2 aromatic carbocycles. The van der Waals surface area contributed by atoms with Crippen LogP contribution in [0.1, 0.15) is 15.9 Å². The molecule has 2 N–H and O–H groups in total. The first-order chi connectivity index (χ1) is 11.9. The van der Waals surface area contributed by atoms with E-state index in [1.54, 1.807) is 6.07 Å². The summed E-state index contributed by atoms with van der Waals surface area (Å²) in [5.41, 5.74) is 0.507. The van der Waals surface area contributed by atoms with Crippen LogP contribution in [-0.2, 0) is 0 Å². The number of ether oxygens (including phenoxy) is 1. The molecule has 1 unspecified atom stereocenters. The van der Waals surface area contributed by atoms with Gasteiger partial charge in [0.15, 0.2) is 0 Å². The van der Waals surface area contributed by atoms with Gasteiger partial charge < -0.3 is 15.2 Å². The van der Waals surface area contributed by atoms with Gasteiger partial charge in [-0.1, -0.05) is 23.7 Å². The van der Waals surface area contributed by atoms with Gasteiger partial charge in [0.25, 0.3) is 11.6 Å². The summed E-state index contributed by atoms with van der Waals surface area (Å²) in [6.45, 7) is 1.79. The van der Waals surface area contributed by atoms with Crippen molar-refractivity contribution in [2.75, 3.05) is 13.2 Å². The van der Waals surface area contributed by atoms with Crippen LogP contribution in [-0.4, -0.2) is 35.2 Å². The molecule has 0 aliphatic carbocycles. The summed E-state index contributed by atoms with van der Waals surface area (Å²) in [4.78, 5) is 22.4. The Balaban J connectivity index is 1.90. The molecule has 8 heteroatoms. The Hall–Kier alpha value is -2.64. The van der Waals surface area contributed by atoms with Crippen molar-refractivity contribution in [2.45, 2.75) is 13.0 Å². The highest BCUT2D eigenvalue weighted by molar-refractivity contribution is 6.31. The quantitative estimate of drug-likeness (QED) is 0.581. The van der Waals surface area contributed by atoms with Gasteiger partial charge in [-0.25, -0.2) is 0 Å². The molecule has 0 aliphatic heterocycles. The molecule has 0 spiro atoms. The Labute approximate surface area is 149 Å². The molecule has 0 heterocycles. The van der Waals surface area contributed by atoms with Crippen LogP contribution in [0, 0.1) is 17.0 Å². The van der Waals surface area contributed by atoms with Crippen LogP contribution in [0.5, 0.6) is 5.75 Å². The predicted molar refractivity (Wildman–Crippen MR) is 93.1 cm³/mol. The molecule has 25 heavy (non-hydrogen) atoms. The molecule has 1 amide bonds. The van der Waals surface area contributed by atoms with Crippen LogP contribution in [0.4, 0.5) is 5.69 Å². The third-order valence-electron chi connectivity index (χ3n) is 3.33. The maximum Gasteiger partial charge on any atom is 0.283 e. The molecule has 2 rings (SSSR count). The molecule has 132 valence electrons. The van der Waals surface area contributed by atoms with Gasteiger partial charge in [0.2, 0.25) is 0 Å². The first-order valence-electron chi connectivity index (χ1n) is 7.46. The third-order valence-corrected chi connectivity index (χ3v) is 3.57. The van der Waals surface area contributed by atoms with Crippen LogP contribution in [0.25, 0.3) is 0 Å². The zero-order valence-electron chi connectivity index (χ0n) is 13.4. The monoisotopic (exact) mass is 364 g/mol. The van der Waals surface area contributed by atoms with E-state index in [0.717, 1.165) is 11.6 Å². The van der Waals surface area contributed by atoms with Gasteiger partial charge in [-0.2, -0.15) is 0 Å². The molecule has 0 radical (unpaired) electrons. The number of benzene rings is 2. The van der Waals surface area contributed by atoms with Gasteiger partial charge in [-0.3, -0.25) is 14.9 Å². The summed E-state index contributed by atoms with van der Waals surface area (Å²) in [6, 6.07) is 11.1. The molecule has 0 fully saturated rings. The number of hydrogen-bond acceptors (Lipinski definition) is 5. The lowest BCUT2D eigenvalue weighted by atomic mass is 10.1. The minimum absolute atomic E-state index is 0.0214. The molecule has 7 nitrogen and oxygen atoms in total. The Morgan fingerprint density at radius 1 is 1.36 bits per heavy atom. The number of rotatable bonds is 7. The lowest BCUT2D eigenvalue weighted by Gasteiger charge is -2.13. The van der Waals surface area contributed by atoms with Crippen molar-refractivity contribution in [2.24, 2.45) is 0 Å². The topological polar surface area (TPSA) is 102 Å². The number of nitrogens with zero attached hydrogens (tertiary/aromatic N) is 1. The number of nitro benzene ring substituents is 1. The summed E-state index contributed by atoms with van der Waals surface area (Å²) in [6.07, 6.45) is -0.962. The fourth-order valence-electron chi connectivity index (χ4n) is 2.11. The molecule has 0 bridgehead atoms. The number of nitro groups is 1. The lowest BCUT2D eigenvalue weighted by Crippen LogP contribution is -2.35. The molecule has 1 atom stereocenters. The summed E-state index contributed by atoms with van der Waals surface area (Å²) >= 11 is 5.71. The van der Waals surface area contributed by atoms with Crippen molar-refractivity contribution >= 4 is 23.2 Å². The number of aliphatic hydroxyl groups is 1. The number of halogens is 1. The number of carbonyl (C=O) groups excluding carboxylic acids is 1. The molecule has 0 saturated heterocycles. The molecular weight excluding hydrogens is 348 g/mol. The van der Waals surface area contributed by atoms with E-state index in [2.05, 4.69) is 5.32 Å². The Morgan fingerprint density at radius 2 is 2.12 bits per heavy atom. The van der Waals surface area contributed by atoms with Crippen LogP contribution < -0.4 is 10.1 Å². The largest absolute Gasteiger partial charge is 0.491 e. The predicted octanol–water partition coefficient (Wildman–Crippen LogP) is 2.73. The highest BCUT2D eigenvalue weighted by Gasteiger charge is 2.21. The van der Waals surface area contributed by atoms with Gasteiger partial charge >= 0.3 is 0 Å². The van der Waals surface area contributed by atoms with Crippen molar-refractivity contribution in [3.63, 3.8) is 0 Å². The Kier molecular flexibility index (Phi) is 6.32. The normalized spacial score (nSPS) is 11.6. The van der Waals surface area contributed by atoms with Gasteiger partial charge in [0.1, 0.15) is 24.0 Å².